The van der Waals surface area contributed by atoms with Crippen molar-refractivity contribution < 1.29 is 14.3 Å². The number of amides is 2. The number of benzene rings is 1. The molecule has 6 nitrogen and oxygen atoms in total. The zero-order chi connectivity index (χ0) is 15.8. The summed E-state index contributed by atoms with van der Waals surface area (Å²) in [6.07, 6.45) is 1.57. The molecular weight excluding hydrogens is 270 g/mol. The van der Waals surface area contributed by atoms with Crippen LogP contribution in [0.5, 0.6) is 5.75 Å². The summed E-state index contributed by atoms with van der Waals surface area (Å²) >= 11 is 0. The number of rotatable bonds is 7. The van der Waals surface area contributed by atoms with Crippen molar-refractivity contribution in [1.82, 2.24) is 0 Å². The summed E-state index contributed by atoms with van der Waals surface area (Å²) in [5.41, 5.74) is 6.64. The van der Waals surface area contributed by atoms with Crippen LogP contribution in [0.25, 0.3) is 0 Å². The number of methoxy groups -OCH3 is 1. The Kier molecular flexibility index (Phi) is 6.68. The number of nitrogens with two attached hydrogens (primary N) is 1. The summed E-state index contributed by atoms with van der Waals surface area (Å²) in [6, 6.07) is 5.10. The van der Waals surface area contributed by atoms with Gasteiger partial charge in [0.2, 0.25) is 11.8 Å². The molecule has 1 atom stereocenters. The van der Waals surface area contributed by atoms with E-state index in [0.717, 1.165) is 12.8 Å². The predicted octanol–water partition coefficient (Wildman–Crippen LogP) is 1.97. The first-order chi connectivity index (χ1) is 9.97. The SMILES string of the molecule is COc1cc(NC(=O)C(C)CCCN)ccc1NC(C)=O. The van der Waals surface area contributed by atoms with Gasteiger partial charge in [-0.2, -0.15) is 0 Å². The van der Waals surface area contributed by atoms with Gasteiger partial charge in [0.15, 0.2) is 0 Å². The lowest BCUT2D eigenvalue weighted by molar-refractivity contribution is -0.119. The third kappa shape index (κ3) is 5.43. The van der Waals surface area contributed by atoms with Crippen molar-refractivity contribution in [3.63, 3.8) is 0 Å². The molecule has 0 spiro atoms. The van der Waals surface area contributed by atoms with E-state index in [9.17, 15) is 9.59 Å². The largest absolute Gasteiger partial charge is 0.494 e. The van der Waals surface area contributed by atoms with Crippen molar-refractivity contribution in [2.24, 2.45) is 11.7 Å². The molecule has 4 N–H and O–H groups in total. The van der Waals surface area contributed by atoms with Gasteiger partial charge in [0.1, 0.15) is 5.75 Å². The number of hydrogen-bond acceptors (Lipinski definition) is 4. The van der Waals surface area contributed by atoms with E-state index in [1.807, 2.05) is 6.92 Å². The Labute approximate surface area is 125 Å². The molecule has 2 amide bonds. The lowest BCUT2D eigenvalue weighted by Crippen LogP contribution is -2.21. The minimum absolute atomic E-state index is 0.0576. The van der Waals surface area contributed by atoms with Crippen molar-refractivity contribution in [3.8, 4) is 5.75 Å². The van der Waals surface area contributed by atoms with Crippen LogP contribution in [-0.4, -0.2) is 25.5 Å². The highest BCUT2D eigenvalue weighted by Gasteiger charge is 2.13. The van der Waals surface area contributed by atoms with E-state index in [1.165, 1.54) is 14.0 Å². The molecule has 1 aromatic rings. The number of hydrogen-bond donors (Lipinski definition) is 3. The Hall–Kier alpha value is -2.08. The Bertz CT molecular complexity index is 503. The van der Waals surface area contributed by atoms with Crippen molar-refractivity contribution in [1.29, 1.82) is 0 Å². The predicted molar refractivity (Wildman–Crippen MR) is 83.4 cm³/mol. The average molecular weight is 293 g/mol. The molecule has 0 radical (unpaired) electrons. The minimum atomic E-state index is -0.180. The highest BCUT2D eigenvalue weighted by Crippen LogP contribution is 2.28. The van der Waals surface area contributed by atoms with Gasteiger partial charge in [0.05, 0.1) is 12.8 Å². The van der Waals surface area contributed by atoms with Crippen molar-refractivity contribution >= 4 is 23.2 Å². The molecule has 0 bridgehead atoms. The number of ether oxygens (including phenoxy) is 1. The van der Waals surface area contributed by atoms with Crippen LogP contribution < -0.4 is 21.1 Å². The standard InChI is InChI=1S/C15H23N3O3/c1-10(5-4-8-16)15(20)18-12-6-7-13(17-11(2)19)14(9-12)21-3/h6-7,9-10H,4-5,8,16H2,1-3H3,(H,17,19)(H,18,20). The molecule has 0 saturated heterocycles. The quantitative estimate of drug-likeness (QED) is 0.716. The Morgan fingerprint density at radius 1 is 1.33 bits per heavy atom. The first-order valence-corrected chi connectivity index (χ1v) is 6.94. The second-order valence-corrected chi connectivity index (χ2v) is 4.92. The van der Waals surface area contributed by atoms with Crippen LogP contribution in [0.15, 0.2) is 18.2 Å². The van der Waals surface area contributed by atoms with Crippen molar-refractivity contribution in [2.75, 3.05) is 24.3 Å². The normalized spacial score (nSPS) is 11.6. The molecule has 116 valence electrons. The maximum Gasteiger partial charge on any atom is 0.227 e. The van der Waals surface area contributed by atoms with E-state index in [1.54, 1.807) is 18.2 Å². The maximum absolute atomic E-state index is 12.0. The van der Waals surface area contributed by atoms with Crippen LogP contribution in [0, 0.1) is 5.92 Å². The molecule has 1 unspecified atom stereocenters. The van der Waals surface area contributed by atoms with E-state index in [4.69, 9.17) is 10.5 Å². The zero-order valence-electron chi connectivity index (χ0n) is 12.7. The summed E-state index contributed by atoms with van der Waals surface area (Å²) in [4.78, 5) is 23.1. The molecule has 21 heavy (non-hydrogen) atoms. The second-order valence-electron chi connectivity index (χ2n) is 4.92. The molecule has 1 rings (SSSR count). The van der Waals surface area contributed by atoms with E-state index in [2.05, 4.69) is 10.6 Å². The molecule has 0 aliphatic heterocycles. The summed E-state index contributed by atoms with van der Waals surface area (Å²) in [5, 5.41) is 5.50. The van der Waals surface area contributed by atoms with E-state index in [0.29, 0.717) is 23.7 Å². The monoisotopic (exact) mass is 293 g/mol. The fourth-order valence-corrected chi connectivity index (χ4v) is 1.88. The van der Waals surface area contributed by atoms with Gasteiger partial charge in [-0.3, -0.25) is 9.59 Å². The minimum Gasteiger partial charge on any atom is -0.494 e. The van der Waals surface area contributed by atoms with Crippen LogP contribution in [0.2, 0.25) is 0 Å². The molecule has 0 heterocycles. The maximum atomic E-state index is 12.0. The lowest BCUT2D eigenvalue weighted by atomic mass is 10.0. The number of anilines is 2. The van der Waals surface area contributed by atoms with Crippen LogP contribution >= 0.6 is 0 Å². The zero-order valence-corrected chi connectivity index (χ0v) is 12.7. The van der Waals surface area contributed by atoms with Gasteiger partial charge in [0, 0.05) is 24.6 Å². The molecule has 0 fully saturated rings. The van der Waals surface area contributed by atoms with Crippen molar-refractivity contribution in [3.05, 3.63) is 18.2 Å². The highest BCUT2D eigenvalue weighted by atomic mass is 16.5. The molecule has 6 heteroatoms. The second kappa shape index (κ2) is 8.26. The third-order valence-corrected chi connectivity index (χ3v) is 3.07. The van der Waals surface area contributed by atoms with Crippen LogP contribution in [0.3, 0.4) is 0 Å². The summed E-state index contributed by atoms with van der Waals surface area (Å²) in [7, 11) is 1.51. The summed E-state index contributed by atoms with van der Waals surface area (Å²) in [5.74, 6) is 0.158. The topological polar surface area (TPSA) is 93.4 Å². The van der Waals surface area contributed by atoms with Gasteiger partial charge < -0.3 is 21.1 Å². The van der Waals surface area contributed by atoms with Gasteiger partial charge in [-0.25, -0.2) is 0 Å². The molecule has 0 aliphatic carbocycles. The number of nitrogens with one attached hydrogen (secondary N) is 2. The summed E-state index contributed by atoms with van der Waals surface area (Å²) in [6.45, 7) is 3.87. The van der Waals surface area contributed by atoms with E-state index in [-0.39, 0.29) is 17.7 Å². The van der Waals surface area contributed by atoms with Crippen molar-refractivity contribution in [2.45, 2.75) is 26.7 Å². The summed E-state index contributed by atoms with van der Waals surface area (Å²) < 4.78 is 5.21. The van der Waals surface area contributed by atoms with Crippen LogP contribution in [0.4, 0.5) is 11.4 Å². The van der Waals surface area contributed by atoms with Crippen LogP contribution in [0.1, 0.15) is 26.7 Å². The first kappa shape index (κ1) is 17.0. The van der Waals surface area contributed by atoms with E-state index >= 15 is 0 Å². The molecule has 0 aliphatic rings. The Morgan fingerprint density at radius 2 is 2.05 bits per heavy atom. The third-order valence-electron chi connectivity index (χ3n) is 3.07. The first-order valence-electron chi connectivity index (χ1n) is 6.94. The lowest BCUT2D eigenvalue weighted by Gasteiger charge is -2.14. The highest BCUT2D eigenvalue weighted by molar-refractivity contribution is 5.94. The van der Waals surface area contributed by atoms with Gasteiger partial charge in [-0.1, -0.05) is 6.92 Å². The molecule has 0 aromatic heterocycles. The number of carbonyl (C=O) groups excluding carboxylic acids is 2. The van der Waals surface area contributed by atoms with Gasteiger partial charge in [0.25, 0.3) is 0 Å². The average Bonchev–Trinajstić information content (AvgIpc) is 2.45. The Balaban J connectivity index is 2.76. The molecule has 0 saturated carbocycles. The fourth-order valence-electron chi connectivity index (χ4n) is 1.88. The smallest absolute Gasteiger partial charge is 0.227 e. The molecular formula is C15H23N3O3. The van der Waals surface area contributed by atoms with Gasteiger partial charge >= 0.3 is 0 Å². The number of carbonyl (C=O) groups is 2. The van der Waals surface area contributed by atoms with Gasteiger partial charge in [-0.05, 0) is 31.5 Å². The molecule has 1 aromatic carbocycles. The fraction of sp³-hybridized carbons (Fsp3) is 0.467. The van der Waals surface area contributed by atoms with Gasteiger partial charge in [-0.15, -0.1) is 0 Å². The Morgan fingerprint density at radius 3 is 2.62 bits per heavy atom. The van der Waals surface area contributed by atoms with Crippen LogP contribution in [-0.2, 0) is 9.59 Å². The van der Waals surface area contributed by atoms with E-state index < -0.39 is 0 Å².